The summed E-state index contributed by atoms with van der Waals surface area (Å²) in [4.78, 5) is 4.19. The second-order valence-corrected chi connectivity index (χ2v) is 5.21. The summed E-state index contributed by atoms with van der Waals surface area (Å²) in [5.74, 6) is 0.645. The molecular weight excluding hydrogens is 214 g/mol. The number of aromatic nitrogens is 2. The van der Waals surface area contributed by atoms with Crippen LogP contribution in [0.2, 0.25) is 0 Å². The third-order valence-corrected chi connectivity index (χ3v) is 3.50. The van der Waals surface area contributed by atoms with Crippen LogP contribution in [0.3, 0.4) is 0 Å². The molecule has 17 heavy (non-hydrogen) atoms. The Morgan fingerprint density at radius 1 is 1.59 bits per heavy atom. The van der Waals surface area contributed by atoms with Crippen LogP contribution in [0.5, 0.6) is 0 Å². The van der Waals surface area contributed by atoms with Gasteiger partial charge in [-0.1, -0.05) is 6.92 Å². The molecule has 96 valence electrons. The second kappa shape index (κ2) is 5.65. The van der Waals surface area contributed by atoms with Crippen LogP contribution in [0.15, 0.2) is 12.5 Å². The Balaban J connectivity index is 1.90. The lowest BCUT2D eigenvalue weighted by molar-refractivity contribution is -0.00933. The van der Waals surface area contributed by atoms with Gasteiger partial charge in [-0.2, -0.15) is 0 Å². The van der Waals surface area contributed by atoms with Crippen LogP contribution < -0.4 is 5.32 Å². The average molecular weight is 237 g/mol. The largest absolute Gasteiger partial charge is 0.370 e. The van der Waals surface area contributed by atoms with E-state index in [1.54, 1.807) is 0 Å². The molecule has 0 aromatic carbocycles. The number of nitrogens with zero attached hydrogens (tertiary/aromatic N) is 2. The number of rotatable bonds is 4. The highest BCUT2D eigenvalue weighted by atomic mass is 16.5. The fraction of sp³-hybridized carbons (Fsp3) is 0.769. The van der Waals surface area contributed by atoms with E-state index in [2.05, 4.69) is 35.6 Å². The Morgan fingerprint density at radius 2 is 2.41 bits per heavy atom. The van der Waals surface area contributed by atoms with Gasteiger partial charge in [0.05, 0.1) is 30.9 Å². The normalized spacial score (nSPS) is 25.4. The highest BCUT2D eigenvalue weighted by molar-refractivity contribution is 4.98. The van der Waals surface area contributed by atoms with E-state index in [1.165, 1.54) is 6.42 Å². The molecule has 0 aliphatic carbocycles. The zero-order chi connectivity index (χ0) is 12.3. The van der Waals surface area contributed by atoms with Gasteiger partial charge in [0.25, 0.3) is 0 Å². The van der Waals surface area contributed by atoms with Gasteiger partial charge in [-0.05, 0) is 32.7 Å². The van der Waals surface area contributed by atoms with E-state index in [1.807, 2.05) is 12.5 Å². The van der Waals surface area contributed by atoms with E-state index >= 15 is 0 Å². The van der Waals surface area contributed by atoms with Crippen molar-refractivity contribution in [3.63, 3.8) is 0 Å². The summed E-state index contributed by atoms with van der Waals surface area (Å²) in [5.41, 5.74) is 1.16. The molecule has 1 aliphatic heterocycles. The number of hydrogen-bond donors (Lipinski definition) is 1. The molecule has 0 bridgehead atoms. The average Bonchev–Trinajstić information content (AvgIpc) is 2.76. The minimum absolute atomic E-state index is 0.333. The molecule has 2 unspecified atom stereocenters. The Morgan fingerprint density at radius 3 is 3.12 bits per heavy atom. The molecule has 1 aliphatic rings. The molecule has 4 nitrogen and oxygen atoms in total. The van der Waals surface area contributed by atoms with Crippen LogP contribution >= 0.6 is 0 Å². The summed E-state index contributed by atoms with van der Waals surface area (Å²) in [7, 11) is 0. The molecule has 1 fully saturated rings. The molecule has 0 saturated carbocycles. The van der Waals surface area contributed by atoms with E-state index in [4.69, 9.17) is 4.74 Å². The van der Waals surface area contributed by atoms with E-state index in [0.717, 1.165) is 18.8 Å². The lowest BCUT2D eigenvalue weighted by atomic mass is 9.97. The lowest BCUT2D eigenvalue weighted by Crippen LogP contribution is -2.41. The van der Waals surface area contributed by atoms with Gasteiger partial charge in [-0.3, -0.25) is 0 Å². The summed E-state index contributed by atoms with van der Waals surface area (Å²) in [6.45, 7) is 9.34. The molecule has 1 aromatic rings. The predicted molar refractivity (Wildman–Crippen MR) is 67.8 cm³/mol. The van der Waals surface area contributed by atoms with Gasteiger partial charge in [0.1, 0.15) is 0 Å². The summed E-state index contributed by atoms with van der Waals surface area (Å²) in [6, 6.07) is 0.443. The van der Waals surface area contributed by atoms with Crippen molar-refractivity contribution in [2.45, 2.75) is 45.9 Å². The smallest absolute Gasteiger partial charge is 0.0951 e. The molecule has 1 N–H and O–H groups in total. The van der Waals surface area contributed by atoms with E-state index in [0.29, 0.717) is 24.7 Å². The zero-order valence-corrected chi connectivity index (χ0v) is 11.0. The minimum Gasteiger partial charge on any atom is -0.370 e. The van der Waals surface area contributed by atoms with Gasteiger partial charge < -0.3 is 14.6 Å². The van der Waals surface area contributed by atoms with Crippen LogP contribution in [-0.2, 0) is 11.3 Å². The Bertz CT molecular complexity index is 348. The van der Waals surface area contributed by atoms with Gasteiger partial charge >= 0.3 is 0 Å². The first-order chi connectivity index (χ1) is 8.18. The second-order valence-electron chi connectivity index (χ2n) is 5.21. The van der Waals surface area contributed by atoms with Crippen molar-refractivity contribution in [3.05, 3.63) is 18.2 Å². The maximum atomic E-state index is 6.01. The number of imidazole rings is 1. The number of ether oxygens (including phenoxy) is 1. The molecule has 2 atom stereocenters. The Labute approximate surface area is 103 Å². The van der Waals surface area contributed by atoms with Crippen LogP contribution in [0.1, 0.15) is 38.9 Å². The first kappa shape index (κ1) is 12.6. The highest BCUT2D eigenvalue weighted by Crippen LogP contribution is 2.17. The van der Waals surface area contributed by atoms with Gasteiger partial charge in [0, 0.05) is 12.6 Å². The molecule has 1 saturated heterocycles. The topological polar surface area (TPSA) is 39.1 Å². The lowest BCUT2D eigenvalue weighted by Gasteiger charge is -2.29. The molecular formula is C13H23N3O. The first-order valence-corrected chi connectivity index (χ1v) is 6.51. The van der Waals surface area contributed by atoms with Crippen LogP contribution in [-0.4, -0.2) is 28.7 Å². The number of hydrogen-bond acceptors (Lipinski definition) is 3. The van der Waals surface area contributed by atoms with E-state index in [-0.39, 0.29) is 0 Å². The van der Waals surface area contributed by atoms with Crippen molar-refractivity contribution in [2.75, 3.05) is 13.1 Å². The maximum absolute atomic E-state index is 6.01. The zero-order valence-electron chi connectivity index (χ0n) is 11.0. The van der Waals surface area contributed by atoms with Crippen molar-refractivity contribution in [3.8, 4) is 0 Å². The maximum Gasteiger partial charge on any atom is 0.0951 e. The molecule has 2 rings (SSSR count). The quantitative estimate of drug-likeness (QED) is 0.870. The molecule has 0 radical (unpaired) electrons. The van der Waals surface area contributed by atoms with E-state index < -0.39 is 0 Å². The summed E-state index contributed by atoms with van der Waals surface area (Å²) < 4.78 is 8.17. The molecule has 2 heterocycles. The molecule has 0 amide bonds. The van der Waals surface area contributed by atoms with Gasteiger partial charge in [0.15, 0.2) is 0 Å². The summed E-state index contributed by atoms with van der Waals surface area (Å²) in [6.07, 6.45) is 5.32. The fourth-order valence-corrected chi connectivity index (χ4v) is 2.29. The Kier molecular flexibility index (Phi) is 4.18. The number of piperidine rings is 1. The van der Waals surface area contributed by atoms with Crippen molar-refractivity contribution < 1.29 is 4.74 Å². The summed E-state index contributed by atoms with van der Waals surface area (Å²) >= 11 is 0. The fourth-order valence-electron chi connectivity index (χ4n) is 2.29. The van der Waals surface area contributed by atoms with Crippen LogP contribution in [0, 0.1) is 5.92 Å². The van der Waals surface area contributed by atoms with Crippen molar-refractivity contribution >= 4 is 0 Å². The van der Waals surface area contributed by atoms with Gasteiger partial charge in [-0.25, -0.2) is 4.98 Å². The van der Waals surface area contributed by atoms with Crippen molar-refractivity contribution in [2.24, 2.45) is 5.92 Å². The van der Waals surface area contributed by atoms with Crippen LogP contribution in [0.25, 0.3) is 0 Å². The SMILES string of the molecule is CC1CCNCC1OCc1cncn1C(C)C. The molecule has 0 spiro atoms. The third kappa shape index (κ3) is 3.07. The van der Waals surface area contributed by atoms with E-state index in [9.17, 15) is 0 Å². The third-order valence-electron chi connectivity index (χ3n) is 3.50. The Hall–Kier alpha value is -0.870. The summed E-state index contributed by atoms with van der Waals surface area (Å²) in [5, 5.41) is 3.39. The molecule has 1 aromatic heterocycles. The van der Waals surface area contributed by atoms with Gasteiger partial charge in [-0.15, -0.1) is 0 Å². The highest BCUT2D eigenvalue weighted by Gasteiger charge is 2.21. The van der Waals surface area contributed by atoms with Crippen molar-refractivity contribution in [1.29, 1.82) is 0 Å². The minimum atomic E-state index is 0.333. The predicted octanol–water partition coefficient (Wildman–Crippen LogP) is 1.98. The number of nitrogens with one attached hydrogen (secondary N) is 1. The van der Waals surface area contributed by atoms with Gasteiger partial charge in [0.2, 0.25) is 0 Å². The monoisotopic (exact) mass is 237 g/mol. The molecule has 4 heteroatoms. The van der Waals surface area contributed by atoms with Crippen LogP contribution in [0.4, 0.5) is 0 Å². The van der Waals surface area contributed by atoms with Crippen molar-refractivity contribution in [1.82, 2.24) is 14.9 Å². The first-order valence-electron chi connectivity index (χ1n) is 6.51. The standard InChI is InChI=1S/C13H23N3O/c1-10(2)16-9-15-6-12(16)8-17-13-7-14-5-4-11(13)3/h6,9-11,13-14H,4-5,7-8H2,1-3H3.